The summed E-state index contributed by atoms with van der Waals surface area (Å²) in [6.45, 7) is 3.03. The molecule has 1 aliphatic heterocycles. The van der Waals surface area contributed by atoms with E-state index in [1.54, 1.807) is 7.11 Å². The molecule has 0 radical (unpaired) electrons. The molecule has 5 N–H and O–H groups in total. The number of nitrogens with one attached hydrogen (secondary N) is 2. The Morgan fingerprint density at radius 2 is 2.15 bits per heavy atom. The largest absolute Gasteiger partial charge is 0.497 e. The lowest BCUT2D eigenvalue weighted by Gasteiger charge is -2.22. The third-order valence-corrected chi connectivity index (χ3v) is 5.22. The number of hydrogen-bond donors (Lipinski definition) is 4. The van der Waals surface area contributed by atoms with Crippen LogP contribution >= 0.6 is 0 Å². The highest BCUT2D eigenvalue weighted by atomic mass is 16.5. The van der Waals surface area contributed by atoms with Gasteiger partial charge in [0.15, 0.2) is 6.04 Å². The minimum absolute atomic E-state index is 0.211. The molecule has 1 aromatic carbocycles. The van der Waals surface area contributed by atoms with Crippen molar-refractivity contribution in [2.45, 2.75) is 32.4 Å². The van der Waals surface area contributed by atoms with Gasteiger partial charge in [-0.25, -0.2) is 4.79 Å². The second kappa shape index (κ2) is 6.62. The summed E-state index contributed by atoms with van der Waals surface area (Å²) >= 11 is 0. The summed E-state index contributed by atoms with van der Waals surface area (Å²) in [5.41, 5.74) is 2.03. The van der Waals surface area contributed by atoms with Gasteiger partial charge in [-0.2, -0.15) is 0 Å². The van der Waals surface area contributed by atoms with E-state index in [9.17, 15) is 14.7 Å². The quantitative estimate of drug-likeness (QED) is 0.529. The molecule has 0 saturated heterocycles. The standard InChI is InChI=1S/C19H22N4O4/c1-3-8-23-18(25)14(17(24)22-19(23)26)16-15-11(6-7-20-16)12-9-10(27-2)4-5-13(12)21-15/h4-5,9,16,20-21,25H,3,6-8H2,1-2H3,(H,22,24,26)/p+1/t16-/m0/s1. The summed E-state index contributed by atoms with van der Waals surface area (Å²) in [6.07, 6.45) is 1.51. The molecule has 1 aliphatic rings. The molecule has 0 spiro atoms. The first-order valence-electron chi connectivity index (χ1n) is 9.13. The fourth-order valence-corrected chi connectivity index (χ4v) is 3.97. The average molecular weight is 371 g/mol. The Labute approximate surface area is 154 Å². The summed E-state index contributed by atoms with van der Waals surface area (Å²) < 4.78 is 6.56. The Morgan fingerprint density at radius 1 is 1.33 bits per heavy atom. The third kappa shape index (κ3) is 2.73. The normalized spacial score (nSPS) is 16.4. The van der Waals surface area contributed by atoms with Crippen molar-refractivity contribution in [2.75, 3.05) is 13.7 Å². The predicted molar refractivity (Wildman–Crippen MR) is 100 cm³/mol. The number of hydrogen-bond acceptors (Lipinski definition) is 4. The zero-order valence-corrected chi connectivity index (χ0v) is 15.3. The van der Waals surface area contributed by atoms with Crippen LogP contribution in [0.3, 0.4) is 0 Å². The highest BCUT2D eigenvalue weighted by Crippen LogP contribution is 2.33. The minimum Gasteiger partial charge on any atom is -0.497 e. The molecule has 0 saturated carbocycles. The molecule has 2 aromatic heterocycles. The fourth-order valence-electron chi connectivity index (χ4n) is 3.97. The van der Waals surface area contributed by atoms with Gasteiger partial charge in [0.1, 0.15) is 11.3 Å². The van der Waals surface area contributed by atoms with Crippen LogP contribution < -0.4 is 21.3 Å². The molecule has 142 valence electrons. The lowest BCUT2D eigenvalue weighted by Crippen LogP contribution is -2.87. The molecule has 8 heteroatoms. The molecule has 0 fully saturated rings. The fraction of sp³-hybridized carbons (Fsp3) is 0.368. The van der Waals surface area contributed by atoms with Crippen LogP contribution in [-0.4, -0.2) is 33.3 Å². The molecular weight excluding hydrogens is 348 g/mol. The summed E-state index contributed by atoms with van der Waals surface area (Å²) in [4.78, 5) is 30.4. The molecule has 1 atom stereocenters. The molecule has 0 unspecified atom stereocenters. The van der Waals surface area contributed by atoms with Gasteiger partial charge in [-0.1, -0.05) is 6.92 Å². The molecule has 0 bridgehead atoms. The van der Waals surface area contributed by atoms with Crippen molar-refractivity contribution < 1.29 is 15.2 Å². The second-order valence-electron chi connectivity index (χ2n) is 6.83. The lowest BCUT2D eigenvalue weighted by molar-refractivity contribution is -0.690. The first-order valence-corrected chi connectivity index (χ1v) is 9.13. The van der Waals surface area contributed by atoms with Crippen molar-refractivity contribution >= 4 is 10.9 Å². The van der Waals surface area contributed by atoms with Gasteiger partial charge in [0.05, 0.1) is 19.3 Å². The van der Waals surface area contributed by atoms with Gasteiger partial charge in [0.25, 0.3) is 5.56 Å². The number of methoxy groups -OCH3 is 1. The van der Waals surface area contributed by atoms with E-state index in [2.05, 4.69) is 9.97 Å². The SMILES string of the molecule is CCCn1c(O)c([C@@H]2[NH2+]CCc3c2[nH]c2ccc(OC)cc32)c(=O)[nH]c1=O. The van der Waals surface area contributed by atoms with Gasteiger partial charge in [-0.05, 0) is 30.2 Å². The number of nitrogens with zero attached hydrogens (tertiary/aromatic N) is 1. The zero-order chi connectivity index (χ0) is 19.1. The van der Waals surface area contributed by atoms with Crippen molar-refractivity contribution in [2.24, 2.45) is 0 Å². The summed E-state index contributed by atoms with van der Waals surface area (Å²) in [5.74, 6) is 0.517. The number of aromatic amines is 2. The van der Waals surface area contributed by atoms with Crippen LogP contribution in [0.25, 0.3) is 10.9 Å². The van der Waals surface area contributed by atoms with E-state index in [-0.39, 0.29) is 11.4 Å². The molecule has 0 amide bonds. The molecule has 3 aromatic rings. The van der Waals surface area contributed by atoms with Crippen LogP contribution in [0.1, 0.15) is 36.2 Å². The van der Waals surface area contributed by atoms with E-state index in [1.165, 1.54) is 4.57 Å². The van der Waals surface area contributed by atoms with E-state index in [0.29, 0.717) is 13.0 Å². The molecule has 27 heavy (non-hydrogen) atoms. The van der Waals surface area contributed by atoms with Crippen molar-refractivity contribution in [3.05, 3.63) is 55.9 Å². The highest BCUT2D eigenvalue weighted by Gasteiger charge is 2.34. The third-order valence-electron chi connectivity index (χ3n) is 5.22. The van der Waals surface area contributed by atoms with Crippen LogP contribution in [0, 0.1) is 0 Å². The van der Waals surface area contributed by atoms with E-state index < -0.39 is 17.3 Å². The first kappa shape index (κ1) is 17.4. The average Bonchev–Trinajstić information content (AvgIpc) is 3.03. The van der Waals surface area contributed by atoms with Gasteiger partial charge < -0.3 is 20.1 Å². The van der Waals surface area contributed by atoms with Crippen molar-refractivity contribution in [1.29, 1.82) is 0 Å². The number of benzene rings is 1. The van der Waals surface area contributed by atoms with E-state index >= 15 is 0 Å². The molecule has 3 heterocycles. The summed E-state index contributed by atoms with van der Waals surface area (Å²) in [7, 11) is 1.63. The Bertz CT molecular complexity index is 1130. The maximum atomic E-state index is 12.6. The monoisotopic (exact) mass is 371 g/mol. The van der Waals surface area contributed by atoms with Crippen molar-refractivity contribution in [3.8, 4) is 11.6 Å². The minimum atomic E-state index is -0.583. The number of nitrogens with two attached hydrogens (primary N) is 1. The van der Waals surface area contributed by atoms with Gasteiger partial charge in [-0.3, -0.25) is 14.3 Å². The number of rotatable bonds is 4. The van der Waals surface area contributed by atoms with Gasteiger partial charge in [0.2, 0.25) is 5.88 Å². The number of ether oxygens (including phenoxy) is 1. The number of fused-ring (bicyclic) bond motifs is 3. The highest BCUT2D eigenvalue weighted by molar-refractivity contribution is 5.86. The Hall–Kier alpha value is -3.00. The van der Waals surface area contributed by atoms with Crippen molar-refractivity contribution in [1.82, 2.24) is 14.5 Å². The van der Waals surface area contributed by atoms with Gasteiger partial charge in [0, 0.05) is 23.9 Å². The zero-order valence-electron chi connectivity index (χ0n) is 15.3. The number of quaternary nitrogens is 1. The van der Waals surface area contributed by atoms with E-state index in [4.69, 9.17) is 4.74 Å². The molecule has 0 aliphatic carbocycles. The number of aromatic nitrogens is 3. The maximum absolute atomic E-state index is 12.6. The van der Waals surface area contributed by atoms with Crippen LogP contribution in [0.2, 0.25) is 0 Å². The summed E-state index contributed by atoms with van der Waals surface area (Å²) in [6, 6.07) is 5.41. The second-order valence-corrected chi connectivity index (χ2v) is 6.83. The molecular formula is C19H23N4O4+. The van der Waals surface area contributed by atoms with E-state index in [1.807, 2.05) is 30.4 Å². The van der Waals surface area contributed by atoms with Crippen LogP contribution in [0.4, 0.5) is 0 Å². The predicted octanol–water partition coefficient (Wildman–Crippen LogP) is 0.351. The maximum Gasteiger partial charge on any atom is 0.331 e. The number of aromatic hydroxyl groups is 1. The molecule has 8 nitrogen and oxygen atoms in total. The van der Waals surface area contributed by atoms with Crippen LogP contribution in [0.5, 0.6) is 11.6 Å². The first-order chi connectivity index (χ1) is 13.0. The topological polar surface area (TPSA) is 117 Å². The van der Waals surface area contributed by atoms with Crippen LogP contribution in [-0.2, 0) is 13.0 Å². The van der Waals surface area contributed by atoms with Crippen molar-refractivity contribution in [3.63, 3.8) is 0 Å². The molecule has 4 rings (SSSR count). The smallest absolute Gasteiger partial charge is 0.331 e. The van der Waals surface area contributed by atoms with Gasteiger partial charge >= 0.3 is 5.69 Å². The van der Waals surface area contributed by atoms with Crippen LogP contribution in [0.15, 0.2) is 27.8 Å². The Balaban J connectivity index is 1.92. The van der Waals surface area contributed by atoms with Gasteiger partial charge in [-0.15, -0.1) is 0 Å². The Morgan fingerprint density at radius 3 is 2.89 bits per heavy atom. The Kier molecular flexibility index (Phi) is 4.27. The number of H-pyrrole nitrogens is 2. The van der Waals surface area contributed by atoms with E-state index in [0.717, 1.165) is 40.9 Å². The lowest BCUT2D eigenvalue weighted by atomic mass is 9.95. The summed E-state index contributed by atoms with van der Waals surface area (Å²) in [5, 5.41) is 13.8.